The molecule has 3 N–H and O–H groups in total. The van der Waals surface area contributed by atoms with Crippen molar-refractivity contribution in [3.63, 3.8) is 0 Å². The van der Waals surface area contributed by atoms with Crippen LogP contribution in [0.3, 0.4) is 0 Å². The smallest absolute Gasteiger partial charge is 0.243 e. The van der Waals surface area contributed by atoms with Crippen molar-refractivity contribution < 1.29 is 13.5 Å². The fourth-order valence-corrected chi connectivity index (χ4v) is 4.56. The van der Waals surface area contributed by atoms with Crippen LogP contribution in [-0.4, -0.2) is 37.0 Å². The van der Waals surface area contributed by atoms with E-state index in [9.17, 15) is 8.42 Å². The molecule has 5 nitrogen and oxygen atoms in total. The minimum Gasteiger partial charge on any atom is -0.399 e. The molecular weight excluding hydrogens is 264 g/mol. The summed E-state index contributed by atoms with van der Waals surface area (Å²) >= 11 is 0. The second-order valence-corrected chi connectivity index (χ2v) is 6.88. The van der Waals surface area contributed by atoms with Crippen molar-refractivity contribution in [1.82, 2.24) is 4.31 Å². The highest BCUT2D eigenvalue weighted by molar-refractivity contribution is 7.89. The zero-order valence-electron chi connectivity index (χ0n) is 11.3. The average Bonchev–Trinajstić information content (AvgIpc) is 3.07. The summed E-state index contributed by atoms with van der Waals surface area (Å²) in [6.07, 6.45) is 1.73. The standard InChI is InChI=1S/C13H20N2O3S/c1-9-7-11(14)8-10(2)13(9)19(17,18)15(5-6-16)12-3-4-12/h7-8,12,16H,3-6,14H2,1-2H3. The molecular formula is C13H20N2O3S. The van der Waals surface area contributed by atoms with Crippen LogP contribution in [0.1, 0.15) is 24.0 Å². The van der Waals surface area contributed by atoms with Gasteiger partial charge in [0, 0.05) is 18.3 Å². The van der Waals surface area contributed by atoms with Crippen molar-refractivity contribution in [3.05, 3.63) is 23.3 Å². The van der Waals surface area contributed by atoms with E-state index in [1.165, 1.54) is 4.31 Å². The summed E-state index contributed by atoms with van der Waals surface area (Å²) in [5.74, 6) is 0. The number of hydrogen-bond acceptors (Lipinski definition) is 4. The maximum Gasteiger partial charge on any atom is 0.243 e. The summed E-state index contributed by atoms with van der Waals surface area (Å²) in [5, 5.41) is 9.08. The van der Waals surface area contributed by atoms with Crippen LogP contribution in [0, 0.1) is 13.8 Å². The average molecular weight is 284 g/mol. The maximum absolute atomic E-state index is 12.7. The van der Waals surface area contributed by atoms with E-state index in [-0.39, 0.29) is 19.2 Å². The molecule has 1 aromatic carbocycles. The SMILES string of the molecule is Cc1cc(N)cc(C)c1S(=O)(=O)N(CCO)C1CC1. The van der Waals surface area contributed by atoms with Gasteiger partial charge in [0.15, 0.2) is 0 Å². The van der Waals surface area contributed by atoms with E-state index in [0.717, 1.165) is 12.8 Å². The summed E-state index contributed by atoms with van der Waals surface area (Å²) in [5.41, 5.74) is 7.60. The monoisotopic (exact) mass is 284 g/mol. The van der Waals surface area contributed by atoms with Crippen LogP contribution < -0.4 is 5.73 Å². The summed E-state index contributed by atoms with van der Waals surface area (Å²) in [7, 11) is -3.56. The highest BCUT2D eigenvalue weighted by Crippen LogP contribution is 2.34. The maximum atomic E-state index is 12.7. The second-order valence-electron chi connectivity index (χ2n) is 5.05. The van der Waals surface area contributed by atoms with Crippen LogP contribution in [-0.2, 0) is 10.0 Å². The van der Waals surface area contributed by atoms with E-state index in [0.29, 0.717) is 21.7 Å². The predicted octanol–water partition coefficient (Wildman–Crippen LogP) is 1.03. The van der Waals surface area contributed by atoms with E-state index in [4.69, 9.17) is 10.8 Å². The first kappa shape index (κ1) is 14.3. The normalized spacial score (nSPS) is 16.0. The van der Waals surface area contributed by atoms with Gasteiger partial charge in [0.25, 0.3) is 0 Å². The third kappa shape index (κ3) is 2.75. The summed E-state index contributed by atoms with van der Waals surface area (Å²) in [4.78, 5) is 0.321. The van der Waals surface area contributed by atoms with Crippen LogP contribution in [0.5, 0.6) is 0 Å². The Bertz CT molecular complexity index is 557. The molecule has 0 radical (unpaired) electrons. The Morgan fingerprint density at radius 1 is 1.32 bits per heavy atom. The Morgan fingerprint density at radius 3 is 2.26 bits per heavy atom. The van der Waals surface area contributed by atoms with Gasteiger partial charge in [0.2, 0.25) is 10.0 Å². The largest absolute Gasteiger partial charge is 0.399 e. The number of nitrogen functional groups attached to an aromatic ring is 1. The van der Waals surface area contributed by atoms with Crippen LogP contribution in [0.15, 0.2) is 17.0 Å². The number of benzene rings is 1. The third-order valence-corrected chi connectivity index (χ3v) is 5.58. The van der Waals surface area contributed by atoms with E-state index >= 15 is 0 Å². The summed E-state index contributed by atoms with van der Waals surface area (Å²) in [6, 6.07) is 3.38. The minimum absolute atomic E-state index is 0.0357. The van der Waals surface area contributed by atoms with Gasteiger partial charge in [0.05, 0.1) is 11.5 Å². The molecule has 1 fully saturated rings. The molecule has 1 aromatic rings. The molecule has 0 unspecified atom stereocenters. The first-order valence-electron chi connectivity index (χ1n) is 6.37. The van der Waals surface area contributed by atoms with Crippen LogP contribution >= 0.6 is 0 Å². The molecule has 0 aliphatic heterocycles. The molecule has 0 heterocycles. The zero-order valence-corrected chi connectivity index (χ0v) is 12.1. The van der Waals surface area contributed by atoms with Crippen molar-refractivity contribution in [1.29, 1.82) is 0 Å². The number of aliphatic hydroxyl groups excluding tert-OH is 1. The number of nitrogens with two attached hydrogens (primary N) is 1. The van der Waals surface area contributed by atoms with Crippen molar-refractivity contribution >= 4 is 15.7 Å². The van der Waals surface area contributed by atoms with Gasteiger partial charge in [-0.3, -0.25) is 0 Å². The van der Waals surface area contributed by atoms with Crippen LogP contribution in [0.2, 0.25) is 0 Å². The molecule has 1 aliphatic rings. The number of nitrogens with zero attached hydrogens (tertiary/aromatic N) is 1. The Morgan fingerprint density at radius 2 is 1.84 bits per heavy atom. The summed E-state index contributed by atoms with van der Waals surface area (Å²) < 4.78 is 26.9. The quantitative estimate of drug-likeness (QED) is 0.791. The molecule has 2 rings (SSSR count). The highest BCUT2D eigenvalue weighted by atomic mass is 32.2. The lowest BCUT2D eigenvalue weighted by atomic mass is 10.1. The van der Waals surface area contributed by atoms with Gasteiger partial charge in [-0.05, 0) is 49.9 Å². The third-order valence-electron chi connectivity index (χ3n) is 3.32. The van der Waals surface area contributed by atoms with E-state index in [2.05, 4.69) is 0 Å². The Labute approximate surface area is 114 Å². The van der Waals surface area contributed by atoms with Gasteiger partial charge in [-0.15, -0.1) is 0 Å². The van der Waals surface area contributed by atoms with Gasteiger partial charge in [0.1, 0.15) is 0 Å². The molecule has 6 heteroatoms. The number of aliphatic hydroxyl groups is 1. The van der Waals surface area contributed by atoms with E-state index in [1.54, 1.807) is 26.0 Å². The highest BCUT2D eigenvalue weighted by Gasteiger charge is 2.38. The molecule has 1 saturated carbocycles. The van der Waals surface area contributed by atoms with Gasteiger partial charge >= 0.3 is 0 Å². The minimum atomic E-state index is -3.56. The lowest BCUT2D eigenvalue weighted by molar-refractivity contribution is 0.250. The van der Waals surface area contributed by atoms with Gasteiger partial charge in [-0.25, -0.2) is 8.42 Å². The Balaban J connectivity index is 2.49. The first-order valence-corrected chi connectivity index (χ1v) is 7.81. The molecule has 0 aromatic heterocycles. The molecule has 19 heavy (non-hydrogen) atoms. The van der Waals surface area contributed by atoms with Gasteiger partial charge in [-0.2, -0.15) is 4.31 Å². The zero-order chi connectivity index (χ0) is 14.2. The molecule has 106 valence electrons. The number of aryl methyl sites for hydroxylation is 2. The van der Waals surface area contributed by atoms with Crippen LogP contribution in [0.4, 0.5) is 5.69 Å². The molecule has 0 saturated heterocycles. The molecule has 0 atom stereocenters. The molecule has 0 bridgehead atoms. The number of rotatable bonds is 5. The molecule has 0 spiro atoms. The fourth-order valence-electron chi connectivity index (χ4n) is 2.47. The van der Waals surface area contributed by atoms with Gasteiger partial charge < -0.3 is 10.8 Å². The number of anilines is 1. The number of hydrogen-bond donors (Lipinski definition) is 2. The lowest BCUT2D eigenvalue weighted by Crippen LogP contribution is -2.36. The van der Waals surface area contributed by atoms with Gasteiger partial charge in [-0.1, -0.05) is 0 Å². The van der Waals surface area contributed by atoms with Crippen molar-refractivity contribution in [2.75, 3.05) is 18.9 Å². The Kier molecular flexibility index (Phi) is 3.85. The van der Waals surface area contributed by atoms with Crippen molar-refractivity contribution in [2.24, 2.45) is 0 Å². The van der Waals surface area contributed by atoms with Crippen molar-refractivity contribution in [2.45, 2.75) is 37.6 Å². The topological polar surface area (TPSA) is 83.6 Å². The van der Waals surface area contributed by atoms with Crippen molar-refractivity contribution in [3.8, 4) is 0 Å². The first-order chi connectivity index (χ1) is 8.87. The summed E-state index contributed by atoms with van der Waals surface area (Å²) in [6.45, 7) is 3.49. The molecule has 0 amide bonds. The van der Waals surface area contributed by atoms with Crippen LogP contribution in [0.25, 0.3) is 0 Å². The predicted molar refractivity (Wildman–Crippen MR) is 74.3 cm³/mol. The number of sulfonamides is 1. The lowest BCUT2D eigenvalue weighted by Gasteiger charge is -2.23. The molecule has 1 aliphatic carbocycles. The van der Waals surface area contributed by atoms with E-state index in [1.807, 2.05) is 0 Å². The second kappa shape index (κ2) is 5.11. The van der Waals surface area contributed by atoms with E-state index < -0.39 is 10.0 Å². The fraction of sp³-hybridized carbons (Fsp3) is 0.538. The Hall–Kier alpha value is -1.11.